The number of hydrogen-bond acceptors (Lipinski definition) is 3. The molecule has 0 saturated carbocycles. The third-order valence-electron chi connectivity index (χ3n) is 4.09. The minimum Gasteiger partial charge on any atom is -0.393 e. The van der Waals surface area contributed by atoms with Crippen LogP contribution in [0.25, 0.3) is 0 Å². The molecule has 2 N–H and O–H groups in total. The Morgan fingerprint density at radius 1 is 1.52 bits per heavy atom. The Hall–Kier alpha value is -1.07. The second-order valence-electron chi connectivity index (χ2n) is 6.38. The first-order valence-corrected chi connectivity index (χ1v) is 8.62. The van der Waals surface area contributed by atoms with Gasteiger partial charge in [0.2, 0.25) is 0 Å². The summed E-state index contributed by atoms with van der Waals surface area (Å²) in [4.78, 5) is 15.5. The Balaban J connectivity index is 1.95. The van der Waals surface area contributed by atoms with Gasteiger partial charge in [0, 0.05) is 23.9 Å². The SMILES string of the molecule is CC(C)C[C@H](NC(=O)N1CC[C@@H]([C@H](C)O)C1)c1cccs1. The van der Waals surface area contributed by atoms with Crippen LogP contribution in [0.15, 0.2) is 17.5 Å². The summed E-state index contributed by atoms with van der Waals surface area (Å²) in [7, 11) is 0. The van der Waals surface area contributed by atoms with Crippen molar-refractivity contribution in [3.8, 4) is 0 Å². The van der Waals surface area contributed by atoms with Crippen LogP contribution in [0.1, 0.15) is 44.5 Å². The Labute approximate surface area is 131 Å². The van der Waals surface area contributed by atoms with Gasteiger partial charge in [-0.2, -0.15) is 0 Å². The fourth-order valence-electron chi connectivity index (χ4n) is 2.81. The van der Waals surface area contributed by atoms with Crippen LogP contribution in [0.5, 0.6) is 0 Å². The summed E-state index contributed by atoms with van der Waals surface area (Å²) in [5.41, 5.74) is 0. The minimum absolute atomic E-state index is 0.00259. The van der Waals surface area contributed by atoms with E-state index in [-0.39, 0.29) is 24.1 Å². The van der Waals surface area contributed by atoms with E-state index in [0.717, 1.165) is 19.4 Å². The van der Waals surface area contributed by atoms with E-state index in [1.807, 2.05) is 16.3 Å². The predicted octanol–water partition coefficient (Wildman–Crippen LogP) is 3.25. The molecule has 1 aliphatic rings. The molecule has 0 spiro atoms. The predicted molar refractivity (Wildman–Crippen MR) is 86.4 cm³/mol. The molecule has 0 radical (unpaired) electrons. The van der Waals surface area contributed by atoms with Gasteiger partial charge in [-0.1, -0.05) is 19.9 Å². The van der Waals surface area contributed by atoms with Crippen LogP contribution in [0, 0.1) is 11.8 Å². The number of urea groups is 1. The number of aliphatic hydroxyl groups is 1. The Kier molecular flexibility index (Phi) is 5.65. The molecular formula is C16H26N2O2S. The van der Waals surface area contributed by atoms with Gasteiger partial charge in [-0.3, -0.25) is 0 Å². The fourth-order valence-corrected chi connectivity index (χ4v) is 3.60. The molecule has 2 amide bonds. The Bertz CT molecular complexity index is 445. The molecule has 0 aliphatic carbocycles. The van der Waals surface area contributed by atoms with Crippen molar-refractivity contribution in [3.05, 3.63) is 22.4 Å². The Morgan fingerprint density at radius 3 is 2.81 bits per heavy atom. The molecular weight excluding hydrogens is 284 g/mol. The molecule has 1 aromatic rings. The van der Waals surface area contributed by atoms with Gasteiger partial charge in [-0.05, 0) is 37.1 Å². The molecule has 1 fully saturated rings. The summed E-state index contributed by atoms with van der Waals surface area (Å²) in [6.45, 7) is 7.54. The average molecular weight is 310 g/mol. The molecule has 3 atom stereocenters. The summed E-state index contributed by atoms with van der Waals surface area (Å²) in [5.74, 6) is 0.738. The molecule has 0 aromatic carbocycles. The number of likely N-dealkylation sites (tertiary alicyclic amines) is 1. The lowest BCUT2D eigenvalue weighted by Gasteiger charge is -2.24. The van der Waals surface area contributed by atoms with Gasteiger partial charge in [0.25, 0.3) is 0 Å². The average Bonchev–Trinajstić information content (AvgIpc) is 3.09. The number of nitrogens with one attached hydrogen (secondary N) is 1. The number of rotatable bonds is 5. The van der Waals surface area contributed by atoms with Crippen molar-refractivity contribution < 1.29 is 9.90 Å². The van der Waals surface area contributed by atoms with Crippen molar-refractivity contribution in [3.63, 3.8) is 0 Å². The number of nitrogens with zero attached hydrogens (tertiary/aromatic N) is 1. The maximum atomic E-state index is 12.4. The molecule has 118 valence electrons. The highest BCUT2D eigenvalue weighted by molar-refractivity contribution is 7.10. The normalized spacial score (nSPS) is 21.6. The lowest BCUT2D eigenvalue weighted by molar-refractivity contribution is 0.129. The summed E-state index contributed by atoms with van der Waals surface area (Å²) in [6, 6.07) is 4.19. The van der Waals surface area contributed by atoms with E-state index in [9.17, 15) is 9.90 Å². The van der Waals surface area contributed by atoms with Gasteiger partial charge in [0.1, 0.15) is 0 Å². The molecule has 4 nitrogen and oxygen atoms in total. The molecule has 0 unspecified atom stereocenters. The second kappa shape index (κ2) is 7.27. The largest absolute Gasteiger partial charge is 0.393 e. The van der Waals surface area contributed by atoms with Crippen molar-refractivity contribution in [2.24, 2.45) is 11.8 Å². The van der Waals surface area contributed by atoms with Gasteiger partial charge < -0.3 is 15.3 Å². The highest BCUT2D eigenvalue weighted by Crippen LogP contribution is 2.26. The zero-order chi connectivity index (χ0) is 15.4. The number of aliphatic hydroxyl groups excluding tert-OH is 1. The van der Waals surface area contributed by atoms with Crippen LogP contribution < -0.4 is 5.32 Å². The van der Waals surface area contributed by atoms with E-state index >= 15 is 0 Å². The molecule has 5 heteroatoms. The summed E-state index contributed by atoms with van der Waals surface area (Å²) >= 11 is 1.69. The van der Waals surface area contributed by atoms with Crippen LogP contribution >= 0.6 is 11.3 Å². The monoisotopic (exact) mass is 310 g/mol. The minimum atomic E-state index is -0.341. The van der Waals surface area contributed by atoms with Crippen molar-refractivity contribution in [1.82, 2.24) is 10.2 Å². The zero-order valence-corrected chi connectivity index (χ0v) is 13.9. The fraction of sp³-hybridized carbons (Fsp3) is 0.688. The van der Waals surface area contributed by atoms with E-state index in [2.05, 4.69) is 25.2 Å². The highest BCUT2D eigenvalue weighted by atomic mass is 32.1. The lowest BCUT2D eigenvalue weighted by Crippen LogP contribution is -2.41. The molecule has 2 heterocycles. The maximum absolute atomic E-state index is 12.4. The molecule has 2 rings (SSSR count). The summed E-state index contributed by atoms with van der Waals surface area (Å²) in [5, 5.41) is 14.9. The first kappa shape index (κ1) is 16.3. The number of thiophene rings is 1. The second-order valence-corrected chi connectivity index (χ2v) is 7.36. The van der Waals surface area contributed by atoms with E-state index in [0.29, 0.717) is 12.5 Å². The molecule has 1 aromatic heterocycles. The smallest absolute Gasteiger partial charge is 0.317 e. The lowest BCUT2D eigenvalue weighted by atomic mass is 10.0. The van der Waals surface area contributed by atoms with Crippen LogP contribution in [0.2, 0.25) is 0 Å². The molecule has 0 bridgehead atoms. The van der Waals surface area contributed by atoms with Crippen LogP contribution in [-0.4, -0.2) is 35.2 Å². The number of amides is 2. The van der Waals surface area contributed by atoms with E-state index in [1.165, 1.54) is 4.88 Å². The molecule has 21 heavy (non-hydrogen) atoms. The van der Waals surface area contributed by atoms with E-state index < -0.39 is 0 Å². The van der Waals surface area contributed by atoms with Crippen molar-refractivity contribution in [2.45, 2.75) is 45.8 Å². The molecule has 1 aliphatic heterocycles. The molecule has 1 saturated heterocycles. The van der Waals surface area contributed by atoms with Gasteiger partial charge in [-0.15, -0.1) is 11.3 Å². The quantitative estimate of drug-likeness (QED) is 0.877. The standard InChI is InChI=1S/C16H26N2O2S/c1-11(2)9-14(15-5-4-8-21-15)17-16(20)18-7-6-13(10-18)12(3)19/h4-5,8,11-14,19H,6-7,9-10H2,1-3H3,(H,17,20)/t12-,13+,14-/m0/s1. The third kappa shape index (κ3) is 4.45. The van der Waals surface area contributed by atoms with E-state index in [1.54, 1.807) is 18.3 Å². The van der Waals surface area contributed by atoms with Gasteiger partial charge in [-0.25, -0.2) is 4.79 Å². The first-order valence-electron chi connectivity index (χ1n) is 7.74. The zero-order valence-electron chi connectivity index (χ0n) is 13.1. The highest BCUT2D eigenvalue weighted by Gasteiger charge is 2.30. The van der Waals surface area contributed by atoms with Crippen LogP contribution in [0.4, 0.5) is 4.79 Å². The summed E-state index contributed by atoms with van der Waals surface area (Å²) < 4.78 is 0. The Morgan fingerprint density at radius 2 is 2.29 bits per heavy atom. The van der Waals surface area contributed by atoms with Gasteiger partial charge in [0.15, 0.2) is 0 Å². The van der Waals surface area contributed by atoms with Crippen LogP contribution in [-0.2, 0) is 0 Å². The first-order chi connectivity index (χ1) is 9.97. The summed E-state index contributed by atoms with van der Waals surface area (Å²) in [6.07, 6.45) is 1.49. The van der Waals surface area contributed by atoms with Crippen molar-refractivity contribution >= 4 is 17.4 Å². The van der Waals surface area contributed by atoms with Gasteiger partial charge in [0.05, 0.1) is 12.1 Å². The topological polar surface area (TPSA) is 52.6 Å². The number of carbonyl (C=O) groups is 1. The van der Waals surface area contributed by atoms with E-state index in [4.69, 9.17) is 0 Å². The third-order valence-corrected chi connectivity index (χ3v) is 5.07. The van der Waals surface area contributed by atoms with Gasteiger partial charge >= 0.3 is 6.03 Å². The number of hydrogen-bond donors (Lipinski definition) is 2. The van der Waals surface area contributed by atoms with Crippen molar-refractivity contribution in [2.75, 3.05) is 13.1 Å². The number of carbonyl (C=O) groups excluding carboxylic acids is 1. The van der Waals surface area contributed by atoms with Crippen molar-refractivity contribution in [1.29, 1.82) is 0 Å². The maximum Gasteiger partial charge on any atom is 0.317 e. The van der Waals surface area contributed by atoms with Crippen LogP contribution in [0.3, 0.4) is 0 Å².